The van der Waals surface area contributed by atoms with Crippen molar-refractivity contribution in [2.24, 2.45) is 0 Å². The van der Waals surface area contributed by atoms with Gasteiger partial charge in [-0.1, -0.05) is 0 Å². The van der Waals surface area contributed by atoms with E-state index in [2.05, 4.69) is 16.1 Å². The van der Waals surface area contributed by atoms with E-state index < -0.39 is 7.32 Å². The molecule has 0 atom stereocenters. The van der Waals surface area contributed by atoms with Gasteiger partial charge in [0, 0.05) is 11.9 Å². The van der Waals surface area contributed by atoms with Gasteiger partial charge in [-0.05, 0) is 0 Å². The van der Waals surface area contributed by atoms with E-state index in [0.29, 0.717) is 0 Å². The maximum absolute atomic E-state index is 7.56. The molecule has 0 radical (unpaired) electrons. The molecule has 0 bridgehead atoms. The summed E-state index contributed by atoms with van der Waals surface area (Å²) in [6.45, 7) is 0. The average Bonchev–Trinajstić information content (AvgIpc) is 1.38. The van der Waals surface area contributed by atoms with E-state index in [1.807, 2.05) is 0 Å². The predicted molar refractivity (Wildman–Crippen MR) is 25.7 cm³/mol. The Labute approximate surface area is 70.6 Å². The fourth-order valence-electron chi connectivity index (χ4n) is 0. The summed E-state index contributed by atoms with van der Waals surface area (Å²) in [5.41, 5.74) is 0. The molecule has 0 aromatic heterocycles. The molecule has 0 aliphatic heterocycles. The fourth-order valence-corrected chi connectivity index (χ4v) is 0. The topological polar surface area (TPSA) is 49.7 Å². The molecule has 0 aromatic rings. The SMILES string of the molecule is OB(O)OCl.[CaH2]. The van der Waals surface area contributed by atoms with Crippen LogP contribution in [0.3, 0.4) is 0 Å². The van der Waals surface area contributed by atoms with Crippen LogP contribution in [0.2, 0.25) is 0 Å². The number of rotatable bonds is 1. The Hall–Kier alpha value is 1.49. The van der Waals surface area contributed by atoms with Crippen molar-refractivity contribution in [2.75, 3.05) is 0 Å². The molecule has 0 aromatic carbocycles. The second-order valence-electron chi connectivity index (χ2n) is 0.415. The first-order chi connectivity index (χ1) is 2.27. The normalized spacial score (nSPS) is 6.50. The minimum atomic E-state index is -1.85. The second kappa shape index (κ2) is 6.49. The third-order valence-electron chi connectivity index (χ3n) is 0.0797. The second-order valence-corrected chi connectivity index (χ2v) is 0.594. The fraction of sp³-hybridized carbons (Fsp3) is 0. The quantitative estimate of drug-likeness (QED) is 0.421. The molecule has 0 unspecified atom stereocenters. The number of hydrogen-bond donors (Lipinski definition) is 2. The van der Waals surface area contributed by atoms with Crippen LogP contribution in [0, 0.1) is 0 Å². The van der Waals surface area contributed by atoms with Crippen LogP contribution in [-0.2, 0) is 4.21 Å². The molecular formula is H4BCaClO3. The standard InChI is InChI=1S/BClH2O3.Ca.2H/c2-5-1(3)4;;;/h3-4H;;;. The molecule has 34 valence electrons. The van der Waals surface area contributed by atoms with Crippen molar-refractivity contribution in [3.05, 3.63) is 0 Å². The summed E-state index contributed by atoms with van der Waals surface area (Å²) in [6.07, 6.45) is 0. The van der Waals surface area contributed by atoms with Crippen LogP contribution in [0.25, 0.3) is 0 Å². The van der Waals surface area contributed by atoms with Crippen molar-refractivity contribution in [3.63, 3.8) is 0 Å². The van der Waals surface area contributed by atoms with Crippen molar-refractivity contribution in [2.45, 2.75) is 0 Å². The van der Waals surface area contributed by atoms with Gasteiger partial charge in [0.15, 0.2) is 0 Å². The van der Waals surface area contributed by atoms with Crippen molar-refractivity contribution in [3.8, 4) is 0 Å². The van der Waals surface area contributed by atoms with Crippen LogP contribution < -0.4 is 0 Å². The van der Waals surface area contributed by atoms with E-state index in [0.717, 1.165) is 0 Å². The first-order valence-electron chi connectivity index (χ1n) is 0.906. The first-order valence-corrected chi connectivity index (χ1v) is 1.22. The summed E-state index contributed by atoms with van der Waals surface area (Å²) in [5.74, 6) is 0. The van der Waals surface area contributed by atoms with E-state index in [-0.39, 0.29) is 37.7 Å². The Balaban J connectivity index is 0. The zero-order valence-electron chi connectivity index (χ0n) is 2.26. The van der Waals surface area contributed by atoms with E-state index in [1.54, 1.807) is 0 Å². The summed E-state index contributed by atoms with van der Waals surface area (Å²) in [7, 11) is -1.85. The van der Waals surface area contributed by atoms with Crippen LogP contribution in [0.4, 0.5) is 0 Å². The molecule has 0 rings (SSSR count). The van der Waals surface area contributed by atoms with Crippen LogP contribution >= 0.6 is 11.9 Å². The Morgan fingerprint density at radius 3 is 1.67 bits per heavy atom. The molecule has 3 nitrogen and oxygen atoms in total. The molecule has 0 saturated carbocycles. The van der Waals surface area contributed by atoms with E-state index in [9.17, 15) is 0 Å². The molecule has 0 fully saturated rings. The zero-order valence-corrected chi connectivity index (χ0v) is 3.01. The molecule has 6 heavy (non-hydrogen) atoms. The molecule has 0 aliphatic rings. The molecule has 0 spiro atoms. The zero-order chi connectivity index (χ0) is 4.28. The average molecular weight is 138 g/mol. The molecule has 6 heteroatoms. The first kappa shape index (κ1) is 10.5. The Morgan fingerprint density at radius 1 is 1.50 bits per heavy atom. The van der Waals surface area contributed by atoms with Crippen molar-refractivity contribution >= 4 is 56.9 Å². The van der Waals surface area contributed by atoms with E-state index in [4.69, 9.17) is 10.0 Å². The summed E-state index contributed by atoms with van der Waals surface area (Å²) >= 11 is 4.34. The maximum atomic E-state index is 7.56. The van der Waals surface area contributed by atoms with Crippen molar-refractivity contribution < 1.29 is 14.3 Å². The summed E-state index contributed by atoms with van der Waals surface area (Å²) in [6, 6.07) is 0. The van der Waals surface area contributed by atoms with Gasteiger partial charge in [-0.25, -0.2) is 0 Å². The third kappa shape index (κ3) is 9.09. The van der Waals surface area contributed by atoms with Gasteiger partial charge in [-0.2, -0.15) is 0 Å². The van der Waals surface area contributed by atoms with Crippen LogP contribution in [0.1, 0.15) is 0 Å². The van der Waals surface area contributed by atoms with Gasteiger partial charge < -0.3 is 10.0 Å². The molecule has 2 N–H and O–H groups in total. The Kier molecular flexibility index (Phi) is 11.3. The van der Waals surface area contributed by atoms with Crippen LogP contribution in [0.5, 0.6) is 0 Å². The van der Waals surface area contributed by atoms with Crippen LogP contribution in [-0.4, -0.2) is 55.1 Å². The molecule has 0 aliphatic carbocycles. The monoisotopic (exact) mass is 138 g/mol. The predicted octanol–water partition coefficient (Wildman–Crippen LogP) is -1.79. The van der Waals surface area contributed by atoms with E-state index in [1.165, 1.54) is 0 Å². The molecule has 0 saturated heterocycles. The van der Waals surface area contributed by atoms with E-state index >= 15 is 0 Å². The summed E-state index contributed by atoms with van der Waals surface area (Å²) < 4.78 is 3.33. The molecular weight excluding hydrogens is 134 g/mol. The van der Waals surface area contributed by atoms with Gasteiger partial charge in [-0.15, -0.1) is 0 Å². The summed E-state index contributed by atoms with van der Waals surface area (Å²) in [4.78, 5) is 0. The van der Waals surface area contributed by atoms with Gasteiger partial charge >= 0.3 is 45.1 Å². The minimum absolute atomic E-state index is 0. The number of hydrogen-bond acceptors (Lipinski definition) is 3. The third-order valence-corrected chi connectivity index (χ3v) is 0.239. The Morgan fingerprint density at radius 2 is 1.67 bits per heavy atom. The van der Waals surface area contributed by atoms with Gasteiger partial charge in [0.1, 0.15) is 0 Å². The molecule has 0 heterocycles. The van der Waals surface area contributed by atoms with Gasteiger partial charge in [0.2, 0.25) is 0 Å². The Bertz CT molecular complexity index is 24.8. The molecule has 0 amide bonds. The number of halogens is 1. The van der Waals surface area contributed by atoms with Crippen LogP contribution in [0.15, 0.2) is 0 Å². The van der Waals surface area contributed by atoms with Crippen molar-refractivity contribution in [1.82, 2.24) is 0 Å². The van der Waals surface area contributed by atoms with Gasteiger partial charge in [0.05, 0.1) is 0 Å². The summed E-state index contributed by atoms with van der Waals surface area (Å²) in [5, 5.41) is 15.1. The van der Waals surface area contributed by atoms with Gasteiger partial charge in [0.25, 0.3) is 0 Å². The van der Waals surface area contributed by atoms with Gasteiger partial charge in [-0.3, -0.25) is 4.21 Å². The van der Waals surface area contributed by atoms with Crippen molar-refractivity contribution in [1.29, 1.82) is 0 Å².